The molecule has 0 aliphatic rings. The Hall–Kier alpha value is -0.910. The zero-order chi connectivity index (χ0) is 13.4. The van der Waals surface area contributed by atoms with Crippen LogP contribution in [0.15, 0.2) is 6.07 Å². The van der Waals surface area contributed by atoms with Crippen molar-refractivity contribution >= 4 is 0 Å². The summed E-state index contributed by atoms with van der Waals surface area (Å²) in [5.74, 6) is 5.60. The highest BCUT2D eigenvalue weighted by atomic mass is 16.5. The van der Waals surface area contributed by atoms with Gasteiger partial charge in [0, 0.05) is 37.9 Å². The summed E-state index contributed by atoms with van der Waals surface area (Å²) in [4.78, 5) is 0. The van der Waals surface area contributed by atoms with E-state index in [4.69, 9.17) is 10.6 Å². The third-order valence-corrected chi connectivity index (χ3v) is 3.08. The monoisotopic (exact) mass is 254 g/mol. The topological polar surface area (TPSA) is 65.1 Å². The third kappa shape index (κ3) is 4.40. The maximum Gasteiger partial charge on any atom is 0.0624 e. The third-order valence-electron chi connectivity index (χ3n) is 3.08. The van der Waals surface area contributed by atoms with Gasteiger partial charge >= 0.3 is 0 Å². The maximum atomic E-state index is 5.60. The highest BCUT2D eigenvalue weighted by Crippen LogP contribution is 2.10. The molecule has 1 aromatic rings. The number of hydrazine groups is 1. The number of hydrogen-bond donors (Lipinski definition) is 2. The van der Waals surface area contributed by atoms with Crippen LogP contribution in [0.3, 0.4) is 0 Å². The fourth-order valence-corrected chi connectivity index (χ4v) is 1.99. The van der Waals surface area contributed by atoms with Gasteiger partial charge in [0.05, 0.1) is 5.69 Å². The van der Waals surface area contributed by atoms with Crippen LogP contribution >= 0.6 is 0 Å². The molecule has 0 bridgehead atoms. The van der Waals surface area contributed by atoms with Gasteiger partial charge in [-0.1, -0.05) is 6.92 Å². The predicted molar refractivity (Wildman–Crippen MR) is 73.2 cm³/mol. The molecule has 0 amide bonds. The van der Waals surface area contributed by atoms with E-state index in [2.05, 4.69) is 35.1 Å². The molecule has 1 unspecified atom stereocenters. The number of nitrogens with two attached hydrogens (primary N) is 1. The van der Waals surface area contributed by atoms with E-state index in [9.17, 15) is 0 Å². The van der Waals surface area contributed by atoms with Gasteiger partial charge in [-0.25, -0.2) is 0 Å². The first-order valence-corrected chi connectivity index (χ1v) is 6.84. The van der Waals surface area contributed by atoms with E-state index in [1.807, 2.05) is 6.92 Å². The molecule has 5 nitrogen and oxygen atoms in total. The molecule has 0 spiro atoms. The van der Waals surface area contributed by atoms with Crippen LogP contribution in [0.1, 0.15) is 38.6 Å². The standard InChI is InChI=1S/C13H26N4O/c1-4-11-9-13(17(5-2)16-11)10-12(15-14)7-8-18-6-3/h9,12,15H,4-8,10,14H2,1-3H3. The number of aromatic nitrogens is 2. The Bertz CT molecular complexity index is 338. The van der Waals surface area contributed by atoms with Crippen molar-refractivity contribution in [2.75, 3.05) is 13.2 Å². The lowest BCUT2D eigenvalue weighted by molar-refractivity contribution is 0.136. The van der Waals surface area contributed by atoms with Crippen molar-refractivity contribution in [3.05, 3.63) is 17.5 Å². The van der Waals surface area contributed by atoms with Crippen molar-refractivity contribution in [1.82, 2.24) is 15.2 Å². The average molecular weight is 254 g/mol. The molecular formula is C13H26N4O. The van der Waals surface area contributed by atoms with Crippen LogP contribution in [-0.2, 0) is 24.1 Å². The Balaban J connectivity index is 2.59. The number of hydrogen-bond acceptors (Lipinski definition) is 4. The molecule has 3 N–H and O–H groups in total. The molecule has 0 saturated heterocycles. The summed E-state index contributed by atoms with van der Waals surface area (Å²) in [6, 6.07) is 2.41. The molecule has 0 aromatic carbocycles. The van der Waals surface area contributed by atoms with E-state index in [0.717, 1.165) is 44.7 Å². The van der Waals surface area contributed by atoms with E-state index in [0.29, 0.717) is 0 Å². The fraction of sp³-hybridized carbons (Fsp3) is 0.769. The molecular weight excluding hydrogens is 228 g/mol. The zero-order valence-electron chi connectivity index (χ0n) is 11.8. The van der Waals surface area contributed by atoms with Crippen LogP contribution in [0.4, 0.5) is 0 Å². The number of aryl methyl sites for hydroxylation is 2. The van der Waals surface area contributed by atoms with Crippen molar-refractivity contribution in [2.45, 2.75) is 52.6 Å². The summed E-state index contributed by atoms with van der Waals surface area (Å²) in [6.45, 7) is 8.64. The Morgan fingerprint density at radius 1 is 1.44 bits per heavy atom. The molecule has 18 heavy (non-hydrogen) atoms. The lowest BCUT2D eigenvalue weighted by Gasteiger charge is -2.16. The van der Waals surface area contributed by atoms with Gasteiger partial charge in [0.15, 0.2) is 0 Å². The van der Waals surface area contributed by atoms with Crippen molar-refractivity contribution < 1.29 is 4.74 Å². The normalized spacial score (nSPS) is 12.9. The second-order valence-electron chi connectivity index (χ2n) is 4.35. The van der Waals surface area contributed by atoms with E-state index in [1.54, 1.807) is 0 Å². The van der Waals surface area contributed by atoms with Crippen molar-refractivity contribution in [3.63, 3.8) is 0 Å². The molecule has 1 aromatic heterocycles. The summed E-state index contributed by atoms with van der Waals surface area (Å²) in [5.41, 5.74) is 5.26. The molecule has 1 rings (SSSR count). The Kier molecular flexibility index (Phi) is 6.93. The molecule has 0 aliphatic heterocycles. The van der Waals surface area contributed by atoms with Gasteiger partial charge in [-0.2, -0.15) is 5.10 Å². The molecule has 5 heteroatoms. The van der Waals surface area contributed by atoms with Gasteiger partial charge in [-0.05, 0) is 32.8 Å². The summed E-state index contributed by atoms with van der Waals surface area (Å²) in [7, 11) is 0. The minimum atomic E-state index is 0.239. The lowest BCUT2D eigenvalue weighted by Crippen LogP contribution is -2.38. The molecule has 1 atom stereocenters. The van der Waals surface area contributed by atoms with Crippen molar-refractivity contribution in [3.8, 4) is 0 Å². The summed E-state index contributed by atoms with van der Waals surface area (Å²) >= 11 is 0. The van der Waals surface area contributed by atoms with Gasteiger partial charge in [0.25, 0.3) is 0 Å². The molecule has 1 heterocycles. The summed E-state index contributed by atoms with van der Waals surface area (Å²) in [5, 5.41) is 4.55. The number of rotatable bonds is 9. The van der Waals surface area contributed by atoms with Gasteiger partial charge in [0.1, 0.15) is 0 Å². The number of nitrogens with zero attached hydrogens (tertiary/aromatic N) is 2. The first-order chi connectivity index (χ1) is 8.74. The van der Waals surface area contributed by atoms with Crippen LogP contribution in [0.5, 0.6) is 0 Å². The first kappa shape index (κ1) is 15.1. The number of nitrogens with one attached hydrogen (secondary N) is 1. The SMILES string of the molecule is CCOCCC(Cc1cc(CC)nn1CC)NN. The predicted octanol–water partition coefficient (Wildman–Crippen LogP) is 1.27. The minimum Gasteiger partial charge on any atom is -0.382 e. The highest BCUT2D eigenvalue weighted by Gasteiger charge is 2.12. The Morgan fingerprint density at radius 3 is 2.78 bits per heavy atom. The molecule has 0 radical (unpaired) electrons. The fourth-order valence-electron chi connectivity index (χ4n) is 1.99. The van der Waals surface area contributed by atoms with Crippen LogP contribution in [0.2, 0.25) is 0 Å². The smallest absolute Gasteiger partial charge is 0.0624 e. The van der Waals surface area contributed by atoms with Crippen LogP contribution < -0.4 is 11.3 Å². The molecule has 0 saturated carbocycles. The van der Waals surface area contributed by atoms with Crippen molar-refractivity contribution in [1.29, 1.82) is 0 Å². The van der Waals surface area contributed by atoms with Gasteiger partial charge < -0.3 is 4.74 Å². The van der Waals surface area contributed by atoms with Gasteiger partial charge in [-0.3, -0.25) is 16.0 Å². The highest BCUT2D eigenvalue weighted by molar-refractivity contribution is 5.11. The zero-order valence-corrected chi connectivity index (χ0v) is 11.8. The quantitative estimate of drug-likeness (QED) is 0.396. The Labute approximate surface area is 110 Å². The Morgan fingerprint density at radius 2 is 2.22 bits per heavy atom. The summed E-state index contributed by atoms with van der Waals surface area (Å²) in [6.07, 6.45) is 2.78. The number of ether oxygens (including phenoxy) is 1. The van der Waals surface area contributed by atoms with E-state index >= 15 is 0 Å². The maximum absolute atomic E-state index is 5.60. The van der Waals surface area contributed by atoms with Crippen LogP contribution in [0, 0.1) is 0 Å². The van der Waals surface area contributed by atoms with Crippen LogP contribution in [0.25, 0.3) is 0 Å². The van der Waals surface area contributed by atoms with E-state index < -0.39 is 0 Å². The van der Waals surface area contributed by atoms with E-state index in [-0.39, 0.29) is 6.04 Å². The van der Waals surface area contributed by atoms with Gasteiger partial charge in [0.2, 0.25) is 0 Å². The second kappa shape index (κ2) is 8.24. The molecule has 104 valence electrons. The minimum absolute atomic E-state index is 0.239. The van der Waals surface area contributed by atoms with E-state index in [1.165, 1.54) is 5.69 Å². The largest absolute Gasteiger partial charge is 0.382 e. The first-order valence-electron chi connectivity index (χ1n) is 6.84. The molecule has 0 aliphatic carbocycles. The second-order valence-corrected chi connectivity index (χ2v) is 4.35. The lowest BCUT2D eigenvalue weighted by atomic mass is 10.1. The molecule has 0 fully saturated rings. The van der Waals surface area contributed by atoms with Gasteiger partial charge in [-0.15, -0.1) is 0 Å². The van der Waals surface area contributed by atoms with Crippen molar-refractivity contribution in [2.24, 2.45) is 5.84 Å². The summed E-state index contributed by atoms with van der Waals surface area (Å²) < 4.78 is 7.43. The average Bonchev–Trinajstić information content (AvgIpc) is 2.80. The van der Waals surface area contributed by atoms with Crippen LogP contribution in [-0.4, -0.2) is 29.0 Å².